The Bertz CT molecular complexity index is 190. The van der Waals surface area contributed by atoms with E-state index < -0.39 is 11.5 Å². The molecule has 3 N–H and O–H groups in total. The average Bonchev–Trinajstić information content (AvgIpc) is 2.61. The Morgan fingerprint density at radius 1 is 1.36 bits per heavy atom. The number of carboxylic acid groups (broad SMARTS) is 1. The van der Waals surface area contributed by atoms with Crippen LogP contribution in [-0.4, -0.2) is 16.6 Å². The molecule has 0 bridgehead atoms. The molecule has 3 nitrogen and oxygen atoms in total. The minimum Gasteiger partial charge on any atom is -0.480 e. The van der Waals surface area contributed by atoms with Crippen molar-refractivity contribution in [2.24, 2.45) is 17.6 Å². The molecule has 0 aliphatic heterocycles. The minimum atomic E-state index is -0.837. The van der Waals surface area contributed by atoms with Gasteiger partial charge in [0.15, 0.2) is 0 Å². The van der Waals surface area contributed by atoms with Crippen LogP contribution >= 0.6 is 0 Å². The molecular weight excluding hydrogens is 142 g/mol. The van der Waals surface area contributed by atoms with Gasteiger partial charge in [-0.3, -0.25) is 4.79 Å². The summed E-state index contributed by atoms with van der Waals surface area (Å²) in [7, 11) is 0. The Balaban J connectivity index is 2.14. The molecule has 0 spiro atoms. The summed E-state index contributed by atoms with van der Waals surface area (Å²) >= 11 is 0. The van der Waals surface area contributed by atoms with Gasteiger partial charge in [0.25, 0.3) is 0 Å². The second kappa shape index (κ2) is 1.97. The fourth-order valence-electron chi connectivity index (χ4n) is 2.49. The molecule has 1 unspecified atom stereocenters. The molecule has 0 aromatic rings. The van der Waals surface area contributed by atoms with E-state index in [1.807, 2.05) is 0 Å². The maximum atomic E-state index is 10.7. The number of rotatable bonds is 1. The Morgan fingerprint density at radius 3 is 2.18 bits per heavy atom. The molecule has 0 heterocycles. The first kappa shape index (κ1) is 7.10. The summed E-state index contributed by atoms with van der Waals surface area (Å²) in [6.45, 7) is 0. The summed E-state index contributed by atoms with van der Waals surface area (Å²) in [5, 5.41) is 8.82. The highest BCUT2D eigenvalue weighted by molar-refractivity contribution is 5.84. The number of carbonyl (C=O) groups is 1. The Labute approximate surface area is 65.6 Å². The van der Waals surface area contributed by atoms with Crippen molar-refractivity contribution in [1.82, 2.24) is 0 Å². The summed E-state index contributed by atoms with van der Waals surface area (Å²) in [6, 6.07) is 0. The van der Waals surface area contributed by atoms with Crippen LogP contribution < -0.4 is 5.73 Å². The topological polar surface area (TPSA) is 63.3 Å². The van der Waals surface area contributed by atoms with Crippen LogP contribution in [0.5, 0.6) is 0 Å². The van der Waals surface area contributed by atoms with Gasteiger partial charge in [-0.25, -0.2) is 0 Å². The first-order valence-corrected chi connectivity index (χ1v) is 4.19. The molecule has 0 aromatic carbocycles. The fraction of sp³-hybridized carbons (Fsp3) is 0.875. The number of aliphatic carboxylic acids is 1. The van der Waals surface area contributed by atoms with Gasteiger partial charge in [0, 0.05) is 0 Å². The van der Waals surface area contributed by atoms with Crippen LogP contribution in [0.3, 0.4) is 0 Å². The van der Waals surface area contributed by atoms with Crippen molar-refractivity contribution < 1.29 is 9.90 Å². The summed E-state index contributed by atoms with van der Waals surface area (Å²) in [5.41, 5.74) is 4.90. The van der Waals surface area contributed by atoms with Crippen molar-refractivity contribution in [2.75, 3.05) is 0 Å². The Hall–Kier alpha value is -0.570. The van der Waals surface area contributed by atoms with Crippen LogP contribution in [0.1, 0.15) is 25.7 Å². The van der Waals surface area contributed by atoms with Crippen LogP contribution in [0.2, 0.25) is 0 Å². The van der Waals surface area contributed by atoms with E-state index in [1.54, 1.807) is 0 Å². The van der Waals surface area contributed by atoms with Gasteiger partial charge in [0.1, 0.15) is 5.54 Å². The Morgan fingerprint density at radius 2 is 1.82 bits per heavy atom. The van der Waals surface area contributed by atoms with Gasteiger partial charge in [-0.15, -0.1) is 0 Å². The maximum Gasteiger partial charge on any atom is 0.324 e. The largest absolute Gasteiger partial charge is 0.480 e. The predicted molar refractivity (Wildman–Crippen MR) is 40.0 cm³/mol. The zero-order chi connectivity index (χ0) is 8.06. The highest BCUT2D eigenvalue weighted by atomic mass is 16.4. The van der Waals surface area contributed by atoms with Gasteiger partial charge in [0.05, 0.1) is 0 Å². The summed E-state index contributed by atoms with van der Waals surface area (Å²) < 4.78 is 0. The van der Waals surface area contributed by atoms with Gasteiger partial charge >= 0.3 is 5.97 Å². The third-order valence-electron chi connectivity index (χ3n) is 3.25. The number of hydrogen-bond donors (Lipinski definition) is 2. The van der Waals surface area contributed by atoms with Crippen LogP contribution in [-0.2, 0) is 4.79 Å². The standard InChI is InChI=1S/C8H13NO2/c9-8(7(10)11)5-3-1-2-4-6(5)8/h5-6H,1-4,9H2,(H,10,11)/t5-,6+,8?. The lowest BCUT2D eigenvalue weighted by molar-refractivity contribution is -0.140. The fourth-order valence-corrected chi connectivity index (χ4v) is 2.49. The third kappa shape index (κ3) is 0.745. The zero-order valence-corrected chi connectivity index (χ0v) is 6.42. The van der Waals surface area contributed by atoms with E-state index in [4.69, 9.17) is 10.8 Å². The van der Waals surface area contributed by atoms with E-state index in [0.29, 0.717) is 0 Å². The van der Waals surface area contributed by atoms with Gasteiger partial charge < -0.3 is 10.8 Å². The van der Waals surface area contributed by atoms with Crippen molar-refractivity contribution in [3.63, 3.8) is 0 Å². The molecule has 0 aromatic heterocycles. The summed E-state index contributed by atoms with van der Waals surface area (Å²) in [5.74, 6) is -0.225. The number of carboxylic acids is 1. The minimum absolute atomic E-state index is 0.286. The number of nitrogens with two attached hydrogens (primary N) is 1. The average molecular weight is 155 g/mol. The van der Waals surface area contributed by atoms with Crippen LogP contribution in [0, 0.1) is 11.8 Å². The molecular formula is C8H13NO2. The first-order valence-electron chi connectivity index (χ1n) is 4.19. The normalized spacial score (nSPS) is 48.1. The van der Waals surface area contributed by atoms with Crippen molar-refractivity contribution >= 4 is 5.97 Å². The van der Waals surface area contributed by atoms with Gasteiger partial charge in [-0.1, -0.05) is 12.8 Å². The lowest BCUT2D eigenvalue weighted by atomic mass is 10.0. The highest BCUT2D eigenvalue weighted by Gasteiger charge is 2.67. The van der Waals surface area contributed by atoms with E-state index >= 15 is 0 Å². The van der Waals surface area contributed by atoms with E-state index in [2.05, 4.69) is 0 Å². The summed E-state index contributed by atoms with van der Waals surface area (Å²) in [6.07, 6.45) is 4.36. The molecule has 3 heteroatoms. The van der Waals surface area contributed by atoms with E-state index in [-0.39, 0.29) is 11.8 Å². The lowest BCUT2D eigenvalue weighted by Crippen LogP contribution is -2.36. The van der Waals surface area contributed by atoms with Crippen LogP contribution in [0.4, 0.5) is 0 Å². The first-order chi connectivity index (χ1) is 5.17. The van der Waals surface area contributed by atoms with Crippen LogP contribution in [0.15, 0.2) is 0 Å². The predicted octanol–water partition coefficient (Wildman–Crippen LogP) is 0.588. The van der Waals surface area contributed by atoms with E-state index in [1.165, 1.54) is 0 Å². The molecule has 2 rings (SSSR count). The molecule has 11 heavy (non-hydrogen) atoms. The van der Waals surface area contributed by atoms with Crippen molar-refractivity contribution in [2.45, 2.75) is 31.2 Å². The third-order valence-corrected chi connectivity index (χ3v) is 3.25. The molecule has 2 saturated carbocycles. The summed E-state index contributed by atoms with van der Waals surface area (Å²) in [4.78, 5) is 10.7. The van der Waals surface area contributed by atoms with Crippen molar-refractivity contribution in [3.8, 4) is 0 Å². The molecule has 0 radical (unpaired) electrons. The molecule has 2 aliphatic carbocycles. The molecule has 0 saturated heterocycles. The second-order valence-electron chi connectivity index (χ2n) is 3.74. The van der Waals surface area contributed by atoms with E-state index in [9.17, 15) is 4.79 Å². The number of hydrogen-bond acceptors (Lipinski definition) is 2. The SMILES string of the molecule is NC1(C(=O)O)[C@@H]2CCCC[C@@H]21. The Kier molecular flexibility index (Phi) is 1.27. The van der Waals surface area contributed by atoms with Gasteiger partial charge in [0.2, 0.25) is 0 Å². The monoisotopic (exact) mass is 155 g/mol. The number of fused-ring (bicyclic) bond motifs is 1. The molecule has 2 aliphatic rings. The zero-order valence-electron chi connectivity index (χ0n) is 6.42. The van der Waals surface area contributed by atoms with Gasteiger partial charge in [-0.2, -0.15) is 0 Å². The molecule has 0 amide bonds. The molecule has 3 atom stereocenters. The maximum absolute atomic E-state index is 10.7. The lowest BCUT2D eigenvalue weighted by Gasteiger charge is -2.04. The van der Waals surface area contributed by atoms with Crippen molar-refractivity contribution in [1.29, 1.82) is 0 Å². The van der Waals surface area contributed by atoms with Crippen molar-refractivity contribution in [3.05, 3.63) is 0 Å². The smallest absolute Gasteiger partial charge is 0.324 e. The molecule has 62 valence electrons. The quantitative estimate of drug-likeness (QED) is 0.582. The van der Waals surface area contributed by atoms with Crippen LogP contribution in [0.25, 0.3) is 0 Å². The van der Waals surface area contributed by atoms with Gasteiger partial charge in [-0.05, 0) is 24.7 Å². The van der Waals surface area contributed by atoms with E-state index in [0.717, 1.165) is 25.7 Å². The highest BCUT2D eigenvalue weighted by Crippen LogP contribution is 2.56. The second-order valence-corrected chi connectivity index (χ2v) is 3.74. The molecule has 2 fully saturated rings.